The molecule has 0 unspecified atom stereocenters. The second-order valence-electron chi connectivity index (χ2n) is 4.95. The molecule has 0 radical (unpaired) electrons. The van der Waals surface area contributed by atoms with E-state index in [-0.39, 0.29) is 0 Å². The number of hydrogen-bond acceptors (Lipinski definition) is 3. The number of sulfonamides is 1. The molecule has 5 nitrogen and oxygen atoms in total. The molecule has 1 aromatic heterocycles. The number of aromatic nitrogens is 2. The van der Waals surface area contributed by atoms with Gasteiger partial charge in [-0.05, 0) is 20.3 Å². The molecule has 1 aromatic rings. The molecule has 0 bridgehead atoms. The minimum Gasteiger partial charge on any atom is -0.267 e. The fourth-order valence-electron chi connectivity index (χ4n) is 2.21. The van der Waals surface area contributed by atoms with E-state index in [0.717, 1.165) is 19.3 Å². The highest BCUT2D eigenvalue weighted by atomic mass is 35.5. The molecule has 0 saturated heterocycles. The van der Waals surface area contributed by atoms with Crippen molar-refractivity contribution in [2.45, 2.75) is 51.5 Å². The van der Waals surface area contributed by atoms with Crippen molar-refractivity contribution < 1.29 is 8.42 Å². The Morgan fingerprint density at radius 2 is 1.95 bits per heavy atom. The normalized spacial score (nSPS) is 12.3. The molecule has 116 valence electrons. The summed E-state index contributed by atoms with van der Waals surface area (Å²) < 4.78 is 28.3. The van der Waals surface area contributed by atoms with E-state index in [1.165, 1.54) is 4.31 Å². The van der Waals surface area contributed by atoms with Crippen LogP contribution in [-0.2, 0) is 16.6 Å². The quantitative estimate of drug-likeness (QED) is 0.546. The Morgan fingerprint density at radius 3 is 2.50 bits per heavy atom. The van der Waals surface area contributed by atoms with Crippen LogP contribution in [0.5, 0.6) is 0 Å². The van der Waals surface area contributed by atoms with Crippen molar-refractivity contribution in [2.24, 2.45) is 0 Å². The number of halogens is 1. The number of nitrogens with zero attached hydrogens (tertiary/aromatic N) is 3. The predicted molar refractivity (Wildman–Crippen MR) is 81.8 cm³/mol. The lowest BCUT2D eigenvalue weighted by Crippen LogP contribution is -2.28. The zero-order valence-electron chi connectivity index (χ0n) is 12.7. The monoisotopic (exact) mass is 321 g/mol. The smallest absolute Gasteiger partial charge is 0.246 e. The Balaban J connectivity index is 3.03. The zero-order chi connectivity index (χ0) is 15.3. The molecular formula is C13H24ClN3O2S. The molecule has 0 aliphatic carbocycles. The standard InChI is InChI=1S/C13H24ClN3O2S/c1-5-6-7-9-16(4)20(18,19)13-11(2)15-17(10-8-14)12(13)3/h5-10H2,1-4H3. The van der Waals surface area contributed by atoms with E-state index >= 15 is 0 Å². The van der Waals surface area contributed by atoms with Crippen molar-refractivity contribution in [3.8, 4) is 0 Å². The third-order valence-corrected chi connectivity index (χ3v) is 5.64. The highest BCUT2D eigenvalue weighted by Crippen LogP contribution is 2.23. The van der Waals surface area contributed by atoms with Crippen LogP contribution in [0.25, 0.3) is 0 Å². The van der Waals surface area contributed by atoms with Crippen LogP contribution in [0.15, 0.2) is 4.90 Å². The molecule has 0 aliphatic rings. The van der Waals surface area contributed by atoms with Gasteiger partial charge in [0.15, 0.2) is 0 Å². The molecular weight excluding hydrogens is 298 g/mol. The van der Waals surface area contributed by atoms with Crippen molar-refractivity contribution in [1.82, 2.24) is 14.1 Å². The molecule has 7 heteroatoms. The SMILES string of the molecule is CCCCCN(C)S(=O)(=O)c1c(C)nn(CCCl)c1C. The Kier molecular flexibility index (Phi) is 6.48. The van der Waals surface area contributed by atoms with Gasteiger partial charge in [-0.3, -0.25) is 4.68 Å². The van der Waals surface area contributed by atoms with Crippen LogP contribution >= 0.6 is 11.6 Å². The lowest BCUT2D eigenvalue weighted by atomic mass is 10.2. The van der Waals surface area contributed by atoms with Gasteiger partial charge in [0.1, 0.15) is 4.90 Å². The van der Waals surface area contributed by atoms with Crippen molar-refractivity contribution in [2.75, 3.05) is 19.5 Å². The number of alkyl halides is 1. The molecule has 20 heavy (non-hydrogen) atoms. The van der Waals surface area contributed by atoms with E-state index < -0.39 is 10.0 Å². The van der Waals surface area contributed by atoms with Crippen LogP contribution in [0.4, 0.5) is 0 Å². The summed E-state index contributed by atoms with van der Waals surface area (Å²) in [5, 5.41) is 4.27. The number of hydrogen-bond donors (Lipinski definition) is 0. The molecule has 0 atom stereocenters. The van der Waals surface area contributed by atoms with Crippen LogP contribution in [0, 0.1) is 13.8 Å². The Hall–Kier alpha value is -0.590. The number of unbranched alkanes of at least 4 members (excludes halogenated alkanes) is 2. The maximum Gasteiger partial charge on any atom is 0.246 e. The fraction of sp³-hybridized carbons (Fsp3) is 0.769. The topological polar surface area (TPSA) is 55.2 Å². The summed E-state index contributed by atoms with van der Waals surface area (Å²) in [6.07, 6.45) is 2.98. The molecule has 0 spiro atoms. The number of rotatable bonds is 8. The van der Waals surface area contributed by atoms with E-state index in [1.54, 1.807) is 25.6 Å². The third kappa shape index (κ3) is 3.74. The molecule has 0 fully saturated rings. The molecule has 1 rings (SSSR count). The Bertz CT molecular complexity index is 540. The van der Waals surface area contributed by atoms with E-state index in [1.807, 2.05) is 0 Å². The minimum atomic E-state index is -3.47. The van der Waals surface area contributed by atoms with Gasteiger partial charge in [-0.2, -0.15) is 5.10 Å². The summed E-state index contributed by atoms with van der Waals surface area (Å²) in [6.45, 7) is 6.65. The first-order chi connectivity index (χ1) is 9.36. The maximum absolute atomic E-state index is 12.6. The second-order valence-corrected chi connectivity index (χ2v) is 7.31. The van der Waals surface area contributed by atoms with Crippen LogP contribution in [-0.4, -0.2) is 42.0 Å². The largest absolute Gasteiger partial charge is 0.267 e. The van der Waals surface area contributed by atoms with E-state index in [4.69, 9.17) is 11.6 Å². The zero-order valence-corrected chi connectivity index (χ0v) is 14.3. The summed E-state index contributed by atoms with van der Waals surface area (Å²) >= 11 is 5.71. The summed E-state index contributed by atoms with van der Waals surface area (Å²) in [5.74, 6) is 0.411. The third-order valence-electron chi connectivity index (χ3n) is 3.36. The van der Waals surface area contributed by atoms with Gasteiger partial charge in [0, 0.05) is 19.5 Å². The van der Waals surface area contributed by atoms with Crippen LogP contribution in [0.3, 0.4) is 0 Å². The van der Waals surface area contributed by atoms with Gasteiger partial charge in [-0.1, -0.05) is 19.8 Å². The average Bonchev–Trinajstić information content (AvgIpc) is 2.65. The summed E-state index contributed by atoms with van der Waals surface area (Å²) in [5.41, 5.74) is 1.19. The average molecular weight is 322 g/mol. The van der Waals surface area contributed by atoms with Gasteiger partial charge in [0.05, 0.1) is 17.9 Å². The van der Waals surface area contributed by atoms with Crippen LogP contribution < -0.4 is 0 Å². The number of aryl methyl sites for hydroxylation is 2. The molecule has 0 N–H and O–H groups in total. The molecule has 0 amide bonds. The molecule has 0 saturated carbocycles. The van der Waals surface area contributed by atoms with Gasteiger partial charge in [0.25, 0.3) is 0 Å². The maximum atomic E-state index is 12.6. The molecule has 0 aromatic carbocycles. The Morgan fingerprint density at radius 1 is 1.30 bits per heavy atom. The molecule has 1 heterocycles. The van der Waals surface area contributed by atoms with Gasteiger partial charge < -0.3 is 0 Å². The lowest BCUT2D eigenvalue weighted by molar-refractivity contribution is 0.453. The molecule has 0 aliphatic heterocycles. The summed E-state index contributed by atoms with van der Waals surface area (Å²) in [4.78, 5) is 0.321. The highest BCUT2D eigenvalue weighted by molar-refractivity contribution is 7.89. The summed E-state index contributed by atoms with van der Waals surface area (Å²) in [7, 11) is -1.84. The summed E-state index contributed by atoms with van der Waals surface area (Å²) in [6, 6.07) is 0. The Labute approximate surface area is 127 Å². The van der Waals surface area contributed by atoms with Crippen molar-refractivity contribution in [3.63, 3.8) is 0 Å². The van der Waals surface area contributed by atoms with E-state index in [9.17, 15) is 8.42 Å². The first kappa shape index (κ1) is 17.5. The first-order valence-electron chi connectivity index (χ1n) is 6.92. The van der Waals surface area contributed by atoms with Crippen LogP contribution in [0.2, 0.25) is 0 Å². The van der Waals surface area contributed by atoms with Gasteiger partial charge in [0.2, 0.25) is 10.0 Å². The van der Waals surface area contributed by atoms with Crippen molar-refractivity contribution >= 4 is 21.6 Å². The second kappa shape index (κ2) is 7.43. The lowest BCUT2D eigenvalue weighted by Gasteiger charge is -2.17. The first-order valence-corrected chi connectivity index (χ1v) is 8.90. The van der Waals surface area contributed by atoms with Crippen molar-refractivity contribution in [1.29, 1.82) is 0 Å². The van der Waals surface area contributed by atoms with E-state index in [2.05, 4.69) is 12.0 Å². The van der Waals surface area contributed by atoms with Crippen LogP contribution in [0.1, 0.15) is 37.6 Å². The predicted octanol–water partition coefficient (Wildman–Crippen LogP) is 2.55. The van der Waals surface area contributed by atoms with Gasteiger partial charge in [-0.15, -0.1) is 11.6 Å². The minimum absolute atomic E-state index is 0.321. The van der Waals surface area contributed by atoms with Gasteiger partial charge in [-0.25, -0.2) is 12.7 Å². The fourth-order valence-corrected chi connectivity index (χ4v) is 3.95. The highest BCUT2D eigenvalue weighted by Gasteiger charge is 2.28. The van der Waals surface area contributed by atoms with Gasteiger partial charge >= 0.3 is 0 Å². The van der Waals surface area contributed by atoms with E-state index in [0.29, 0.717) is 35.3 Å². The van der Waals surface area contributed by atoms with Crippen molar-refractivity contribution in [3.05, 3.63) is 11.4 Å².